The van der Waals surface area contributed by atoms with Crippen LogP contribution in [0.3, 0.4) is 0 Å². The number of rotatable bonds is 6. The van der Waals surface area contributed by atoms with Crippen LogP contribution in [0.2, 0.25) is 0 Å². The number of nitrogens with one attached hydrogen (secondary N) is 2. The summed E-state index contributed by atoms with van der Waals surface area (Å²) in [5.41, 5.74) is 0.546. The summed E-state index contributed by atoms with van der Waals surface area (Å²) in [6, 6.07) is 7.05. The van der Waals surface area contributed by atoms with E-state index in [4.69, 9.17) is 4.74 Å². The number of nitrogens with zero attached hydrogens (tertiary/aromatic N) is 4. The molecule has 1 fully saturated rings. The van der Waals surface area contributed by atoms with Gasteiger partial charge < -0.3 is 20.3 Å². The van der Waals surface area contributed by atoms with Crippen molar-refractivity contribution in [3.05, 3.63) is 40.9 Å². The third kappa shape index (κ3) is 4.42. The number of carbonyl (C=O) groups excluding carboxylic acids is 2. The molecule has 2 N–H and O–H groups in total. The zero-order chi connectivity index (χ0) is 22.7. The molecule has 2 amide bonds. The fraction of sp³-hybridized carbons (Fsp3) is 0.381. The van der Waals surface area contributed by atoms with Crippen LogP contribution in [0.1, 0.15) is 12.8 Å². The van der Waals surface area contributed by atoms with Gasteiger partial charge in [0.25, 0.3) is 5.56 Å². The highest BCUT2D eigenvalue weighted by atomic mass is 32.1. The molecule has 10 nitrogen and oxygen atoms in total. The molecule has 3 aromatic rings. The minimum Gasteiger partial charge on any atom is -0.495 e. The maximum Gasteiger partial charge on any atom is 0.273 e. The quantitative estimate of drug-likeness (QED) is 0.576. The van der Waals surface area contributed by atoms with Gasteiger partial charge in [0.1, 0.15) is 23.3 Å². The van der Waals surface area contributed by atoms with E-state index in [0.717, 1.165) is 19.4 Å². The largest absolute Gasteiger partial charge is 0.495 e. The molecular weight excluding hydrogens is 432 g/mol. The highest BCUT2D eigenvalue weighted by Crippen LogP contribution is 2.29. The van der Waals surface area contributed by atoms with E-state index in [0.29, 0.717) is 33.5 Å². The first-order chi connectivity index (χ1) is 15.5. The minimum absolute atomic E-state index is 0.0114. The van der Waals surface area contributed by atoms with Crippen molar-refractivity contribution in [1.82, 2.24) is 19.9 Å². The fourth-order valence-corrected chi connectivity index (χ4v) is 4.75. The third-order valence-electron chi connectivity index (χ3n) is 5.38. The number of hydrogen-bond acceptors (Lipinski definition) is 8. The maximum atomic E-state index is 13.0. The SMILES string of the molecule is CNC(=O)C1CCCN(c2nc3ncn(CC(=O)Nc4ccccc4OC)c(=O)c3s2)C1. The monoisotopic (exact) mass is 456 g/mol. The lowest BCUT2D eigenvalue weighted by Crippen LogP contribution is -2.42. The molecule has 3 heterocycles. The Morgan fingerprint density at radius 3 is 2.91 bits per heavy atom. The molecule has 0 radical (unpaired) electrons. The number of anilines is 2. The van der Waals surface area contributed by atoms with Gasteiger partial charge >= 0.3 is 0 Å². The van der Waals surface area contributed by atoms with Gasteiger partial charge in [0, 0.05) is 20.1 Å². The summed E-state index contributed by atoms with van der Waals surface area (Å²) in [4.78, 5) is 48.3. The van der Waals surface area contributed by atoms with Crippen LogP contribution in [0.25, 0.3) is 10.3 Å². The second-order valence-corrected chi connectivity index (χ2v) is 8.45. The summed E-state index contributed by atoms with van der Waals surface area (Å²) in [7, 11) is 3.16. The first-order valence-corrected chi connectivity index (χ1v) is 11.1. The van der Waals surface area contributed by atoms with E-state index in [2.05, 4.69) is 20.6 Å². The topological polar surface area (TPSA) is 118 Å². The Kier molecular flexibility index (Phi) is 6.35. The summed E-state index contributed by atoms with van der Waals surface area (Å²) in [5, 5.41) is 6.11. The van der Waals surface area contributed by atoms with Gasteiger partial charge in [-0.15, -0.1) is 0 Å². The molecule has 0 bridgehead atoms. The van der Waals surface area contributed by atoms with E-state index in [1.807, 2.05) is 4.90 Å². The number of ether oxygens (including phenoxy) is 1. The summed E-state index contributed by atoms with van der Waals surface area (Å²) in [6.07, 6.45) is 3.03. The highest BCUT2D eigenvalue weighted by molar-refractivity contribution is 7.22. The molecule has 1 atom stereocenters. The summed E-state index contributed by atoms with van der Waals surface area (Å²) in [6.45, 7) is 1.13. The number of carbonyl (C=O) groups is 2. The van der Waals surface area contributed by atoms with Crippen molar-refractivity contribution in [1.29, 1.82) is 0 Å². The van der Waals surface area contributed by atoms with Crippen molar-refractivity contribution in [3.8, 4) is 5.75 Å². The van der Waals surface area contributed by atoms with Crippen LogP contribution in [0, 0.1) is 5.92 Å². The van der Waals surface area contributed by atoms with Crippen molar-refractivity contribution in [2.45, 2.75) is 19.4 Å². The van der Waals surface area contributed by atoms with E-state index in [9.17, 15) is 14.4 Å². The van der Waals surface area contributed by atoms with E-state index >= 15 is 0 Å². The molecule has 1 saturated heterocycles. The molecule has 32 heavy (non-hydrogen) atoms. The Hall–Kier alpha value is -3.47. The Balaban J connectivity index is 1.52. The van der Waals surface area contributed by atoms with Crippen LogP contribution < -0.4 is 25.8 Å². The number of aromatic nitrogens is 3. The molecule has 0 aliphatic carbocycles. The molecule has 11 heteroatoms. The average Bonchev–Trinajstić information content (AvgIpc) is 3.26. The van der Waals surface area contributed by atoms with Crippen molar-refractivity contribution in [3.63, 3.8) is 0 Å². The van der Waals surface area contributed by atoms with Crippen molar-refractivity contribution >= 4 is 44.3 Å². The predicted octanol–water partition coefficient (Wildman–Crippen LogP) is 1.46. The molecule has 0 spiro atoms. The number of benzene rings is 1. The second kappa shape index (κ2) is 9.35. The zero-order valence-corrected chi connectivity index (χ0v) is 18.6. The van der Waals surface area contributed by atoms with E-state index < -0.39 is 0 Å². The average molecular weight is 457 g/mol. The standard InChI is InChI=1S/C21H24N6O4S/c1-22-19(29)13-6-5-9-26(10-13)21-25-18-17(32-21)20(30)27(12-23-18)11-16(28)24-14-7-3-4-8-15(14)31-2/h3-4,7-8,12-13H,5-6,9-11H2,1-2H3,(H,22,29)(H,24,28). The van der Waals surface area contributed by atoms with Crippen LogP contribution in [0.5, 0.6) is 5.75 Å². The van der Waals surface area contributed by atoms with Gasteiger partial charge in [-0.3, -0.25) is 19.0 Å². The Morgan fingerprint density at radius 1 is 1.31 bits per heavy atom. The molecular formula is C21H24N6O4S. The zero-order valence-electron chi connectivity index (χ0n) is 17.8. The first-order valence-electron chi connectivity index (χ1n) is 10.3. The molecule has 0 saturated carbocycles. The molecule has 2 aromatic heterocycles. The summed E-state index contributed by atoms with van der Waals surface area (Å²) >= 11 is 1.24. The first kappa shape index (κ1) is 21.8. The molecule has 168 valence electrons. The van der Waals surface area contributed by atoms with Gasteiger partial charge in [0.15, 0.2) is 10.8 Å². The predicted molar refractivity (Wildman–Crippen MR) is 122 cm³/mol. The number of fused-ring (bicyclic) bond motifs is 1. The number of piperidine rings is 1. The molecule has 1 aromatic carbocycles. The number of amides is 2. The number of methoxy groups -OCH3 is 1. The number of thiazole rings is 1. The molecule has 1 aliphatic heterocycles. The van der Waals surface area contributed by atoms with E-state index in [1.54, 1.807) is 31.3 Å². The van der Waals surface area contributed by atoms with Crippen molar-refractivity contribution in [2.24, 2.45) is 5.92 Å². The van der Waals surface area contributed by atoms with Gasteiger partial charge in [-0.25, -0.2) is 4.98 Å². The van der Waals surface area contributed by atoms with Crippen LogP contribution in [-0.2, 0) is 16.1 Å². The fourth-order valence-electron chi connectivity index (χ4n) is 3.74. The Morgan fingerprint density at radius 2 is 2.12 bits per heavy atom. The Bertz CT molecular complexity index is 1210. The number of para-hydroxylation sites is 2. The minimum atomic E-state index is -0.369. The summed E-state index contributed by atoms with van der Waals surface area (Å²) in [5.74, 6) is 0.0683. The second-order valence-electron chi connectivity index (χ2n) is 7.47. The highest BCUT2D eigenvalue weighted by Gasteiger charge is 2.27. The van der Waals surface area contributed by atoms with Crippen molar-refractivity contribution < 1.29 is 14.3 Å². The lowest BCUT2D eigenvalue weighted by atomic mass is 9.98. The van der Waals surface area contributed by atoms with Gasteiger partial charge in [0.2, 0.25) is 11.8 Å². The lowest BCUT2D eigenvalue weighted by molar-refractivity contribution is -0.124. The smallest absolute Gasteiger partial charge is 0.273 e. The molecule has 4 rings (SSSR count). The maximum absolute atomic E-state index is 13.0. The van der Waals surface area contributed by atoms with E-state index in [-0.39, 0.29) is 29.8 Å². The van der Waals surface area contributed by atoms with Crippen LogP contribution in [0.4, 0.5) is 10.8 Å². The van der Waals surface area contributed by atoms with Crippen LogP contribution in [-0.4, -0.2) is 53.6 Å². The van der Waals surface area contributed by atoms with Gasteiger partial charge in [-0.05, 0) is 25.0 Å². The summed E-state index contributed by atoms with van der Waals surface area (Å²) < 4.78 is 6.88. The van der Waals surface area contributed by atoms with Crippen molar-refractivity contribution in [2.75, 3.05) is 37.5 Å². The lowest BCUT2D eigenvalue weighted by Gasteiger charge is -2.31. The van der Waals surface area contributed by atoms with E-state index in [1.165, 1.54) is 29.3 Å². The van der Waals surface area contributed by atoms with Gasteiger partial charge in [-0.2, -0.15) is 4.98 Å². The van der Waals surface area contributed by atoms with Gasteiger partial charge in [0.05, 0.1) is 18.7 Å². The van der Waals surface area contributed by atoms with Crippen LogP contribution >= 0.6 is 11.3 Å². The van der Waals surface area contributed by atoms with Crippen LogP contribution in [0.15, 0.2) is 35.4 Å². The molecule has 1 unspecified atom stereocenters. The Labute approximate surface area is 188 Å². The third-order valence-corrected chi connectivity index (χ3v) is 6.47. The normalized spacial score (nSPS) is 16.1. The number of hydrogen-bond donors (Lipinski definition) is 2. The molecule has 1 aliphatic rings. The van der Waals surface area contributed by atoms with Gasteiger partial charge in [-0.1, -0.05) is 23.5 Å².